The quantitative estimate of drug-likeness (QED) is 0.591. The lowest BCUT2D eigenvalue weighted by Gasteiger charge is -2.04. The third-order valence-corrected chi connectivity index (χ3v) is 4.68. The highest BCUT2D eigenvalue weighted by molar-refractivity contribution is 6.36. The molecule has 0 saturated carbocycles. The highest BCUT2D eigenvalue weighted by Gasteiger charge is 2.13. The van der Waals surface area contributed by atoms with Crippen LogP contribution >= 0.6 is 34.8 Å². The zero-order valence-corrected chi connectivity index (χ0v) is 16.2. The van der Waals surface area contributed by atoms with Crippen molar-refractivity contribution in [3.8, 4) is 11.3 Å². The van der Waals surface area contributed by atoms with Crippen molar-refractivity contribution >= 4 is 40.7 Å². The molecule has 2 N–H and O–H groups in total. The molecule has 9 heteroatoms. The van der Waals surface area contributed by atoms with E-state index in [9.17, 15) is 4.79 Å². The molecule has 0 atom stereocenters. The molecule has 0 aliphatic carbocycles. The Morgan fingerprint density at radius 2 is 2.04 bits per heavy atom. The van der Waals surface area contributed by atoms with Gasteiger partial charge in [0.15, 0.2) is 0 Å². The Balaban J connectivity index is 1.54. The van der Waals surface area contributed by atoms with E-state index in [0.717, 1.165) is 12.1 Å². The average Bonchev–Trinajstić information content (AvgIpc) is 3.19. The maximum Gasteiger partial charge on any atom is 0.269 e. The zero-order valence-electron chi connectivity index (χ0n) is 13.9. The lowest BCUT2D eigenvalue weighted by molar-refractivity contribution is 0.0947. The Bertz CT molecular complexity index is 915. The number of nitrogens with zero attached hydrogens (tertiary/aromatic N) is 3. The molecule has 0 unspecified atom stereocenters. The molecule has 3 aromatic rings. The van der Waals surface area contributed by atoms with Crippen LogP contribution in [0, 0.1) is 6.92 Å². The van der Waals surface area contributed by atoms with Crippen molar-refractivity contribution in [3.63, 3.8) is 0 Å². The first-order chi connectivity index (χ1) is 12.4. The fourth-order valence-electron chi connectivity index (χ4n) is 2.42. The van der Waals surface area contributed by atoms with Crippen LogP contribution in [0.4, 0.5) is 0 Å². The lowest BCUT2D eigenvalue weighted by Crippen LogP contribution is -2.25. The molecule has 136 valence electrons. The molecule has 0 aliphatic heterocycles. The molecular weight excluding hydrogens is 397 g/mol. The van der Waals surface area contributed by atoms with Crippen LogP contribution in [0.5, 0.6) is 0 Å². The van der Waals surface area contributed by atoms with Crippen molar-refractivity contribution in [2.75, 3.05) is 6.54 Å². The smallest absolute Gasteiger partial charge is 0.269 e. The summed E-state index contributed by atoms with van der Waals surface area (Å²) in [6.45, 7) is 3.03. The van der Waals surface area contributed by atoms with E-state index in [1.165, 1.54) is 0 Å². The van der Waals surface area contributed by atoms with Crippen molar-refractivity contribution in [1.82, 2.24) is 25.3 Å². The van der Waals surface area contributed by atoms with Crippen LogP contribution in [0.2, 0.25) is 15.1 Å². The first-order valence-electron chi connectivity index (χ1n) is 7.92. The van der Waals surface area contributed by atoms with Gasteiger partial charge in [-0.05, 0) is 37.6 Å². The van der Waals surface area contributed by atoms with E-state index in [2.05, 4.69) is 20.6 Å². The van der Waals surface area contributed by atoms with E-state index in [4.69, 9.17) is 34.8 Å². The number of carbonyl (C=O) groups is 1. The molecule has 0 aliphatic rings. The number of halogens is 3. The summed E-state index contributed by atoms with van der Waals surface area (Å²) in [7, 11) is 0. The average molecular weight is 413 g/mol. The Labute approximate surface area is 165 Å². The van der Waals surface area contributed by atoms with E-state index in [0.29, 0.717) is 45.1 Å². The zero-order chi connectivity index (χ0) is 18.7. The second kappa shape index (κ2) is 8.12. The molecule has 3 rings (SSSR count). The van der Waals surface area contributed by atoms with Gasteiger partial charge in [-0.15, -0.1) is 0 Å². The molecule has 2 heterocycles. The number of aromatic nitrogens is 4. The number of hydrogen-bond acceptors (Lipinski definition) is 3. The second-order valence-electron chi connectivity index (χ2n) is 5.73. The number of hydrogen-bond donors (Lipinski definition) is 2. The van der Waals surface area contributed by atoms with E-state index in [1.54, 1.807) is 35.1 Å². The topological polar surface area (TPSA) is 75.6 Å². The van der Waals surface area contributed by atoms with Gasteiger partial charge >= 0.3 is 0 Å². The van der Waals surface area contributed by atoms with E-state index >= 15 is 0 Å². The van der Waals surface area contributed by atoms with Crippen molar-refractivity contribution in [2.45, 2.75) is 19.9 Å². The summed E-state index contributed by atoms with van der Waals surface area (Å²) in [5.41, 5.74) is 2.45. The summed E-state index contributed by atoms with van der Waals surface area (Å²) in [6.07, 6.45) is 2.50. The highest BCUT2D eigenvalue weighted by atomic mass is 35.5. The van der Waals surface area contributed by atoms with Gasteiger partial charge in [-0.3, -0.25) is 14.6 Å². The summed E-state index contributed by atoms with van der Waals surface area (Å²) in [6, 6.07) is 6.78. The van der Waals surface area contributed by atoms with E-state index in [-0.39, 0.29) is 5.91 Å². The SMILES string of the molecule is Cc1nn(CCCNC(=O)c2cc(-c3ccc(Cl)cc3Cl)n[nH]2)cc1Cl. The Kier molecular flexibility index (Phi) is 5.86. The number of aryl methyl sites for hydroxylation is 2. The maximum atomic E-state index is 12.2. The number of nitrogens with one attached hydrogen (secondary N) is 2. The molecule has 0 radical (unpaired) electrons. The monoisotopic (exact) mass is 411 g/mol. The fraction of sp³-hybridized carbons (Fsp3) is 0.235. The van der Waals surface area contributed by atoms with Crippen LogP contribution < -0.4 is 5.32 Å². The van der Waals surface area contributed by atoms with Crippen molar-refractivity contribution in [2.24, 2.45) is 0 Å². The van der Waals surface area contributed by atoms with Gasteiger partial charge in [-0.2, -0.15) is 10.2 Å². The number of amides is 1. The Morgan fingerprint density at radius 3 is 2.73 bits per heavy atom. The number of aromatic amines is 1. The molecule has 0 fully saturated rings. The van der Waals surface area contributed by atoms with Gasteiger partial charge in [-0.1, -0.05) is 34.8 Å². The maximum absolute atomic E-state index is 12.2. The number of rotatable bonds is 6. The van der Waals surface area contributed by atoms with Crippen LogP contribution in [-0.4, -0.2) is 32.4 Å². The Hall–Kier alpha value is -2.02. The van der Waals surface area contributed by atoms with Crippen LogP contribution in [0.3, 0.4) is 0 Å². The first kappa shape index (κ1) is 18.8. The largest absolute Gasteiger partial charge is 0.351 e. The number of carbonyl (C=O) groups excluding carboxylic acids is 1. The van der Waals surface area contributed by atoms with Gasteiger partial charge in [0, 0.05) is 29.9 Å². The van der Waals surface area contributed by atoms with Crippen LogP contribution in [-0.2, 0) is 6.54 Å². The van der Waals surface area contributed by atoms with Crippen LogP contribution in [0.25, 0.3) is 11.3 Å². The van der Waals surface area contributed by atoms with Gasteiger partial charge in [0.05, 0.1) is 21.4 Å². The number of H-pyrrole nitrogens is 1. The molecular formula is C17H16Cl3N5O. The summed E-state index contributed by atoms with van der Waals surface area (Å²) in [5, 5.41) is 15.6. The van der Waals surface area contributed by atoms with Crippen molar-refractivity contribution in [3.05, 3.63) is 56.9 Å². The van der Waals surface area contributed by atoms with Gasteiger partial charge in [0.1, 0.15) is 5.69 Å². The minimum Gasteiger partial charge on any atom is -0.351 e. The summed E-state index contributed by atoms with van der Waals surface area (Å²) < 4.78 is 1.76. The predicted octanol–water partition coefficient (Wildman–Crippen LogP) is 4.36. The summed E-state index contributed by atoms with van der Waals surface area (Å²) in [4.78, 5) is 12.2. The highest BCUT2D eigenvalue weighted by Crippen LogP contribution is 2.29. The van der Waals surface area contributed by atoms with Gasteiger partial charge < -0.3 is 5.32 Å². The van der Waals surface area contributed by atoms with Crippen molar-refractivity contribution < 1.29 is 4.79 Å². The van der Waals surface area contributed by atoms with Crippen molar-refractivity contribution in [1.29, 1.82) is 0 Å². The third kappa shape index (κ3) is 4.38. The number of benzene rings is 1. The fourth-order valence-corrected chi connectivity index (χ4v) is 3.08. The minimum absolute atomic E-state index is 0.233. The Morgan fingerprint density at radius 1 is 1.23 bits per heavy atom. The predicted molar refractivity (Wildman–Crippen MR) is 103 cm³/mol. The molecule has 1 aromatic carbocycles. The van der Waals surface area contributed by atoms with E-state index in [1.807, 2.05) is 6.92 Å². The standard InChI is InChI=1S/C17H16Cl3N5O/c1-10-14(20)9-25(24-10)6-2-5-21-17(26)16-8-15(22-23-16)12-4-3-11(18)7-13(12)19/h3-4,7-9H,2,5-6H2,1H3,(H,21,26)(H,22,23). The van der Waals surface area contributed by atoms with Crippen LogP contribution in [0.15, 0.2) is 30.5 Å². The lowest BCUT2D eigenvalue weighted by atomic mass is 10.1. The third-order valence-electron chi connectivity index (χ3n) is 3.77. The molecule has 0 saturated heterocycles. The van der Waals surface area contributed by atoms with Gasteiger partial charge in [-0.25, -0.2) is 0 Å². The second-order valence-corrected chi connectivity index (χ2v) is 6.98. The molecule has 2 aromatic heterocycles. The van der Waals surface area contributed by atoms with Gasteiger partial charge in [0.2, 0.25) is 0 Å². The van der Waals surface area contributed by atoms with Crippen LogP contribution in [0.1, 0.15) is 22.6 Å². The van der Waals surface area contributed by atoms with E-state index < -0.39 is 0 Å². The molecule has 6 nitrogen and oxygen atoms in total. The summed E-state index contributed by atoms with van der Waals surface area (Å²) >= 11 is 18.0. The molecule has 0 spiro atoms. The molecule has 1 amide bonds. The molecule has 0 bridgehead atoms. The first-order valence-corrected chi connectivity index (χ1v) is 9.06. The summed E-state index contributed by atoms with van der Waals surface area (Å²) in [5.74, 6) is -0.233. The normalized spacial score (nSPS) is 10.9. The van der Waals surface area contributed by atoms with Gasteiger partial charge in [0.25, 0.3) is 5.91 Å². The minimum atomic E-state index is -0.233. The molecule has 26 heavy (non-hydrogen) atoms.